The van der Waals surface area contributed by atoms with E-state index in [4.69, 9.17) is 9.78 Å². The summed E-state index contributed by atoms with van der Waals surface area (Å²) in [5, 5.41) is 22.4. The number of nitrogens with zero attached hydrogens (tertiary/aromatic N) is 5. The van der Waals surface area contributed by atoms with Crippen molar-refractivity contribution >= 4 is 0 Å². The summed E-state index contributed by atoms with van der Waals surface area (Å²) in [5.74, 6) is 1.04. The maximum absolute atomic E-state index is 8.66. The zero-order chi connectivity index (χ0) is 10.3. The van der Waals surface area contributed by atoms with Crippen molar-refractivity contribution in [1.82, 2.24) is 25.6 Å². The molecule has 0 bridgehead atoms. The average molecular weight is 202 g/mol. The number of H-pyrrole nitrogens is 1. The summed E-state index contributed by atoms with van der Waals surface area (Å²) >= 11 is 0. The van der Waals surface area contributed by atoms with Crippen molar-refractivity contribution in [1.29, 1.82) is 5.26 Å². The maximum Gasteiger partial charge on any atom is 0.231 e. The van der Waals surface area contributed by atoms with Crippen LogP contribution in [-0.4, -0.2) is 25.6 Å². The molecule has 0 aromatic carbocycles. The maximum atomic E-state index is 8.66. The Bertz CT molecular complexity index is 509. The molecule has 0 spiro atoms. The molecule has 1 fully saturated rings. The van der Waals surface area contributed by atoms with E-state index in [-0.39, 0.29) is 11.8 Å². The van der Waals surface area contributed by atoms with Crippen molar-refractivity contribution < 1.29 is 4.52 Å². The first-order valence-electron chi connectivity index (χ1n) is 4.48. The van der Waals surface area contributed by atoms with Gasteiger partial charge in [-0.05, 0) is 6.42 Å². The van der Waals surface area contributed by atoms with Crippen molar-refractivity contribution in [2.45, 2.75) is 12.3 Å². The Morgan fingerprint density at radius 1 is 1.60 bits per heavy atom. The Morgan fingerprint density at radius 3 is 3.20 bits per heavy atom. The minimum absolute atomic E-state index is 0.0237. The molecule has 2 aromatic rings. The Morgan fingerprint density at radius 2 is 2.53 bits per heavy atom. The average Bonchev–Trinajstić information content (AvgIpc) is 2.73. The molecule has 0 aliphatic heterocycles. The van der Waals surface area contributed by atoms with Gasteiger partial charge in [-0.2, -0.15) is 25.7 Å². The number of aromatic amines is 1. The van der Waals surface area contributed by atoms with E-state index < -0.39 is 0 Å². The van der Waals surface area contributed by atoms with Gasteiger partial charge in [0.1, 0.15) is 0 Å². The third-order valence-corrected chi connectivity index (χ3v) is 2.36. The van der Waals surface area contributed by atoms with Crippen molar-refractivity contribution in [3.05, 3.63) is 12.1 Å². The quantitative estimate of drug-likeness (QED) is 0.759. The molecule has 1 aliphatic carbocycles. The highest BCUT2D eigenvalue weighted by Gasteiger charge is 2.43. The van der Waals surface area contributed by atoms with E-state index in [0.717, 1.165) is 6.42 Å². The van der Waals surface area contributed by atoms with Crippen LogP contribution in [0.5, 0.6) is 0 Å². The fourth-order valence-electron chi connectivity index (χ4n) is 1.41. The molecule has 74 valence electrons. The Hall–Kier alpha value is -2.23. The molecule has 0 radical (unpaired) electrons. The zero-order valence-corrected chi connectivity index (χ0v) is 7.58. The molecule has 15 heavy (non-hydrogen) atoms. The SMILES string of the molecule is N#CC1CC1c1nc(-c2cn[nH]n2)no1. The molecule has 1 saturated carbocycles. The smallest absolute Gasteiger partial charge is 0.231 e. The minimum atomic E-state index is 0.0237. The van der Waals surface area contributed by atoms with Crippen LogP contribution in [0.2, 0.25) is 0 Å². The van der Waals surface area contributed by atoms with Crippen LogP contribution in [0.25, 0.3) is 11.5 Å². The van der Waals surface area contributed by atoms with E-state index in [0.29, 0.717) is 17.4 Å². The summed E-state index contributed by atoms with van der Waals surface area (Å²) in [7, 11) is 0. The second-order valence-electron chi connectivity index (χ2n) is 3.39. The molecule has 1 N–H and O–H groups in total. The summed E-state index contributed by atoms with van der Waals surface area (Å²) in [6.45, 7) is 0. The van der Waals surface area contributed by atoms with Crippen LogP contribution in [0.4, 0.5) is 0 Å². The van der Waals surface area contributed by atoms with Crippen LogP contribution in [-0.2, 0) is 0 Å². The topological polar surface area (TPSA) is 104 Å². The summed E-state index contributed by atoms with van der Waals surface area (Å²) in [5.41, 5.74) is 0.541. The first kappa shape index (κ1) is 8.11. The third-order valence-electron chi connectivity index (χ3n) is 2.36. The Kier molecular flexibility index (Phi) is 1.56. The molecule has 2 atom stereocenters. The molecule has 7 heteroatoms. The molecule has 2 heterocycles. The molecule has 0 saturated heterocycles. The Labute approximate surface area is 84.1 Å². The van der Waals surface area contributed by atoms with Gasteiger partial charge in [0.05, 0.1) is 24.1 Å². The lowest BCUT2D eigenvalue weighted by atomic mass is 10.3. The number of hydrogen-bond donors (Lipinski definition) is 1. The van der Waals surface area contributed by atoms with Gasteiger partial charge in [-0.15, -0.1) is 0 Å². The van der Waals surface area contributed by atoms with E-state index in [2.05, 4.69) is 31.6 Å². The van der Waals surface area contributed by atoms with Crippen molar-refractivity contribution in [3.8, 4) is 17.6 Å². The lowest BCUT2D eigenvalue weighted by Gasteiger charge is -1.82. The van der Waals surface area contributed by atoms with Gasteiger partial charge in [0.2, 0.25) is 11.7 Å². The molecule has 0 amide bonds. The van der Waals surface area contributed by atoms with Gasteiger partial charge >= 0.3 is 0 Å². The van der Waals surface area contributed by atoms with Gasteiger partial charge in [-0.1, -0.05) is 5.16 Å². The minimum Gasteiger partial charge on any atom is -0.339 e. The highest BCUT2D eigenvalue weighted by atomic mass is 16.5. The van der Waals surface area contributed by atoms with Crippen LogP contribution in [0.1, 0.15) is 18.2 Å². The molecule has 2 unspecified atom stereocenters. The predicted molar refractivity (Wildman–Crippen MR) is 46.1 cm³/mol. The highest BCUT2D eigenvalue weighted by Crippen LogP contribution is 2.46. The lowest BCUT2D eigenvalue weighted by Crippen LogP contribution is -1.83. The highest BCUT2D eigenvalue weighted by molar-refractivity contribution is 5.45. The molecule has 7 nitrogen and oxygen atoms in total. The predicted octanol–water partition coefficient (Wildman–Crippen LogP) is 0.482. The van der Waals surface area contributed by atoms with Crippen molar-refractivity contribution in [3.63, 3.8) is 0 Å². The largest absolute Gasteiger partial charge is 0.339 e. The summed E-state index contributed by atoms with van der Waals surface area (Å²) in [4.78, 5) is 4.16. The van der Waals surface area contributed by atoms with E-state index in [9.17, 15) is 0 Å². The molecular weight excluding hydrogens is 196 g/mol. The van der Waals surface area contributed by atoms with Crippen LogP contribution in [0.15, 0.2) is 10.7 Å². The monoisotopic (exact) mass is 202 g/mol. The van der Waals surface area contributed by atoms with Gasteiger partial charge in [0.15, 0.2) is 5.69 Å². The standard InChI is InChI=1S/C8H6N6O/c9-2-4-1-5(4)8-11-7(13-15-8)6-3-10-14-12-6/h3-5H,1H2,(H,10,12,14). The van der Waals surface area contributed by atoms with Gasteiger partial charge in [-0.3, -0.25) is 0 Å². The van der Waals surface area contributed by atoms with E-state index in [1.54, 1.807) is 0 Å². The first-order valence-corrected chi connectivity index (χ1v) is 4.48. The zero-order valence-electron chi connectivity index (χ0n) is 7.58. The molecule has 2 aromatic heterocycles. The van der Waals surface area contributed by atoms with Crippen molar-refractivity contribution in [2.75, 3.05) is 0 Å². The summed E-state index contributed by atoms with van der Waals surface area (Å²) in [6.07, 6.45) is 2.32. The van der Waals surface area contributed by atoms with E-state index >= 15 is 0 Å². The number of hydrogen-bond acceptors (Lipinski definition) is 6. The number of nitrogens with one attached hydrogen (secondary N) is 1. The number of aromatic nitrogens is 5. The second-order valence-corrected chi connectivity index (χ2v) is 3.39. The van der Waals surface area contributed by atoms with Crippen LogP contribution in [0, 0.1) is 17.2 Å². The number of nitriles is 1. The molecule has 3 rings (SSSR count). The van der Waals surface area contributed by atoms with E-state index in [1.807, 2.05) is 0 Å². The molecular formula is C8H6N6O. The van der Waals surface area contributed by atoms with E-state index in [1.165, 1.54) is 6.20 Å². The normalized spacial score (nSPS) is 23.7. The third kappa shape index (κ3) is 1.27. The fraction of sp³-hybridized carbons (Fsp3) is 0.375. The van der Waals surface area contributed by atoms with Gasteiger partial charge in [-0.25, -0.2) is 0 Å². The molecule has 1 aliphatic rings. The van der Waals surface area contributed by atoms with Crippen LogP contribution >= 0.6 is 0 Å². The second kappa shape index (κ2) is 2.88. The fourth-order valence-corrected chi connectivity index (χ4v) is 1.41. The Balaban J connectivity index is 1.87. The van der Waals surface area contributed by atoms with Gasteiger partial charge in [0, 0.05) is 0 Å². The van der Waals surface area contributed by atoms with Crippen molar-refractivity contribution in [2.24, 2.45) is 5.92 Å². The van der Waals surface area contributed by atoms with Crippen LogP contribution < -0.4 is 0 Å². The number of rotatable bonds is 2. The summed E-state index contributed by atoms with van der Waals surface area (Å²) < 4.78 is 5.05. The summed E-state index contributed by atoms with van der Waals surface area (Å²) in [6, 6.07) is 2.17. The van der Waals surface area contributed by atoms with Gasteiger partial charge < -0.3 is 4.52 Å². The first-order chi connectivity index (χ1) is 7.38. The van der Waals surface area contributed by atoms with Crippen LogP contribution in [0.3, 0.4) is 0 Å². The van der Waals surface area contributed by atoms with Gasteiger partial charge in [0.25, 0.3) is 0 Å². The lowest BCUT2D eigenvalue weighted by molar-refractivity contribution is 0.378.